The standard InChI is InChI=1S/C22H35FN4O2.HI/c1-4-24-21(26-15-22(2,3)27-10-6-5-7-11-27)25-9-8-17-12-19(23)13-18-14-28-16-29-20(17)18;/h12-13H,4-11,14-16H2,1-3H3,(H2,24,25,26);1H. The Kier molecular flexibility index (Phi) is 10.1. The first-order valence-corrected chi connectivity index (χ1v) is 10.8. The number of likely N-dealkylation sites (tertiary alicyclic amines) is 1. The minimum Gasteiger partial charge on any atom is -0.467 e. The molecule has 30 heavy (non-hydrogen) atoms. The molecule has 2 aliphatic rings. The number of halogens is 2. The van der Waals surface area contributed by atoms with E-state index in [4.69, 9.17) is 14.5 Å². The molecule has 1 aromatic carbocycles. The maximum absolute atomic E-state index is 13.9. The third kappa shape index (κ3) is 6.95. The zero-order chi connectivity index (χ0) is 20.7. The lowest BCUT2D eigenvalue weighted by Crippen LogP contribution is -2.49. The second-order valence-electron chi connectivity index (χ2n) is 8.40. The van der Waals surface area contributed by atoms with Gasteiger partial charge in [0.25, 0.3) is 0 Å². The van der Waals surface area contributed by atoms with Gasteiger partial charge in [-0.25, -0.2) is 4.39 Å². The van der Waals surface area contributed by atoms with E-state index >= 15 is 0 Å². The molecule has 0 bridgehead atoms. The van der Waals surface area contributed by atoms with E-state index in [9.17, 15) is 4.39 Å². The molecule has 1 aromatic rings. The van der Waals surface area contributed by atoms with Crippen molar-refractivity contribution in [3.05, 3.63) is 29.1 Å². The van der Waals surface area contributed by atoms with Crippen LogP contribution >= 0.6 is 24.0 Å². The largest absolute Gasteiger partial charge is 0.467 e. The van der Waals surface area contributed by atoms with Gasteiger partial charge in [-0.05, 0) is 70.8 Å². The summed E-state index contributed by atoms with van der Waals surface area (Å²) in [5.74, 6) is 1.30. The fraction of sp³-hybridized carbons (Fsp3) is 0.682. The van der Waals surface area contributed by atoms with E-state index in [1.807, 2.05) is 0 Å². The van der Waals surface area contributed by atoms with Gasteiger partial charge in [0.15, 0.2) is 12.8 Å². The van der Waals surface area contributed by atoms with E-state index in [1.165, 1.54) is 25.3 Å². The molecule has 0 amide bonds. The average Bonchev–Trinajstić information content (AvgIpc) is 2.72. The Morgan fingerprint density at radius 1 is 1.20 bits per heavy atom. The third-order valence-electron chi connectivity index (χ3n) is 5.62. The molecule has 0 spiro atoms. The summed E-state index contributed by atoms with van der Waals surface area (Å²) in [7, 11) is 0. The van der Waals surface area contributed by atoms with E-state index in [2.05, 4.69) is 36.3 Å². The van der Waals surface area contributed by atoms with Crippen LogP contribution in [0.4, 0.5) is 4.39 Å². The van der Waals surface area contributed by atoms with Crippen LogP contribution in [0.3, 0.4) is 0 Å². The van der Waals surface area contributed by atoms with E-state index < -0.39 is 0 Å². The van der Waals surface area contributed by atoms with Gasteiger partial charge >= 0.3 is 0 Å². The van der Waals surface area contributed by atoms with Gasteiger partial charge < -0.3 is 20.1 Å². The van der Waals surface area contributed by atoms with Gasteiger partial charge in [0.1, 0.15) is 11.6 Å². The van der Waals surface area contributed by atoms with Crippen LogP contribution in [0.25, 0.3) is 0 Å². The Labute approximate surface area is 197 Å². The van der Waals surface area contributed by atoms with Crippen LogP contribution in [0.2, 0.25) is 0 Å². The number of aliphatic imine (C=N–C) groups is 1. The number of benzene rings is 1. The number of hydrogen-bond acceptors (Lipinski definition) is 4. The normalized spacial score (nSPS) is 17.5. The molecule has 1 fully saturated rings. The molecular formula is C22H36FIN4O2. The number of nitrogens with one attached hydrogen (secondary N) is 2. The lowest BCUT2D eigenvalue weighted by Gasteiger charge is -2.40. The van der Waals surface area contributed by atoms with E-state index in [0.29, 0.717) is 19.6 Å². The SMILES string of the molecule is CCNC(=NCC(C)(C)N1CCCCC1)NCCc1cc(F)cc2c1OCOC2.I. The molecule has 1 saturated heterocycles. The van der Waals surface area contributed by atoms with Crippen molar-refractivity contribution in [3.63, 3.8) is 0 Å². The highest BCUT2D eigenvalue weighted by Crippen LogP contribution is 2.29. The first-order chi connectivity index (χ1) is 14.0. The summed E-state index contributed by atoms with van der Waals surface area (Å²) < 4.78 is 24.8. The van der Waals surface area contributed by atoms with Crippen LogP contribution < -0.4 is 15.4 Å². The van der Waals surface area contributed by atoms with Crippen LogP contribution in [-0.4, -0.2) is 55.9 Å². The van der Waals surface area contributed by atoms with Crippen LogP contribution in [0, 0.1) is 5.82 Å². The molecule has 2 N–H and O–H groups in total. The lowest BCUT2D eigenvalue weighted by molar-refractivity contribution is -0.0172. The zero-order valence-corrected chi connectivity index (χ0v) is 20.8. The smallest absolute Gasteiger partial charge is 0.191 e. The number of fused-ring (bicyclic) bond motifs is 1. The van der Waals surface area contributed by atoms with Gasteiger partial charge in [0.2, 0.25) is 0 Å². The van der Waals surface area contributed by atoms with Crippen LogP contribution in [-0.2, 0) is 17.8 Å². The quantitative estimate of drug-likeness (QED) is 0.318. The molecule has 0 aliphatic carbocycles. The summed E-state index contributed by atoms with van der Waals surface area (Å²) in [5.41, 5.74) is 1.67. The molecule has 0 aromatic heterocycles. The predicted molar refractivity (Wildman–Crippen MR) is 129 cm³/mol. The first kappa shape index (κ1) is 25.1. The molecule has 0 radical (unpaired) electrons. The maximum Gasteiger partial charge on any atom is 0.191 e. The molecule has 0 atom stereocenters. The molecular weight excluding hydrogens is 498 g/mol. The molecule has 2 heterocycles. The molecule has 0 unspecified atom stereocenters. The van der Waals surface area contributed by atoms with Crippen molar-refractivity contribution >= 4 is 29.9 Å². The van der Waals surface area contributed by atoms with Crippen molar-refractivity contribution in [1.82, 2.24) is 15.5 Å². The number of rotatable bonds is 7. The topological polar surface area (TPSA) is 58.1 Å². The van der Waals surface area contributed by atoms with Gasteiger partial charge in [0, 0.05) is 24.2 Å². The lowest BCUT2D eigenvalue weighted by atomic mass is 9.99. The molecule has 8 heteroatoms. The highest BCUT2D eigenvalue weighted by Gasteiger charge is 2.27. The fourth-order valence-electron chi connectivity index (χ4n) is 3.97. The number of nitrogens with zero attached hydrogens (tertiary/aromatic N) is 2. The van der Waals surface area contributed by atoms with E-state index in [1.54, 1.807) is 6.07 Å². The van der Waals surface area contributed by atoms with Gasteiger partial charge in [-0.1, -0.05) is 6.42 Å². The molecule has 6 nitrogen and oxygen atoms in total. The summed E-state index contributed by atoms with van der Waals surface area (Å²) in [6, 6.07) is 3.04. The highest BCUT2D eigenvalue weighted by molar-refractivity contribution is 14.0. The molecule has 2 aliphatic heterocycles. The number of piperidine rings is 1. The van der Waals surface area contributed by atoms with Crippen molar-refractivity contribution in [2.45, 2.75) is 58.6 Å². The van der Waals surface area contributed by atoms with E-state index in [0.717, 1.165) is 49.0 Å². The van der Waals surface area contributed by atoms with Gasteiger partial charge in [-0.3, -0.25) is 9.89 Å². The maximum atomic E-state index is 13.9. The minimum atomic E-state index is -0.253. The summed E-state index contributed by atoms with van der Waals surface area (Å²) in [6.07, 6.45) is 4.53. The monoisotopic (exact) mass is 534 g/mol. The highest BCUT2D eigenvalue weighted by atomic mass is 127. The van der Waals surface area contributed by atoms with Crippen molar-refractivity contribution in [2.75, 3.05) is 39.5 Å². The summed E-state index contributed by atoms with van der Waals surface area (Å²) in [5, 5.41) is 6.70. The second kappa shape index (κ2) is 12.0. The van der Waals surface area contributed by atoms with Gasteiger partial charge in [0.05, 0.1) is 13.2 Å². The van der Waals surface area contributed by atoms with Crippen molar-refractivity contribution in [1.29, 1.82) is 0 Å². The Morgan fingerprint density at radius 3 is 2.70 bits per heavy atom. The summed E-state index contributed by atoms with van der Waals surface area (Å²) in [4.78, 5) is 7.37. The molecule has 170 valence electrons. The Bertz CT molecular complexity index is 709. The number of ether oxygens (including phenoxy) is 2. The number of guanidine groups is 1. The van der Waals surface area contributed by atoms with Crippen LogP contribution in [0.15, 0.2) is 17.1 Å². The fourth-order valence-corrected chi connectivity index (χ4v) is 3.97. The number of hydrogen-bond donors (Lipinski definition) is 2. The van der Waals surface area contributed by atoms with Crippen LogP contribution in [0.5, 0.6) is 5.75 Å². The average molecular weight is 534 g/mol. The Morgan fingerprint density at radius 2 is 1.97 bits per heavy atom. The van der Waals surface area contributed by atoms with Crippen molar-refractivity contribution in [3.8, 4) is 5.75 Å². The summed E-state index contributed by atoms with van der Waals surface area (Å²) in [6.45, 7) is 11.7. The predicted octanol–water partition coefficient (Wildman–Crippen LogP) is 3.67. The van der Waals surface area contributed by atoms with Crippen molar-refractivity contribution in [2.24, 2.45) is 4.99 Å². The van der Waals surface area contributed by atoms with E-state index in [-0.39, 0.29) is 42.1 Å². The minimum absolute atomic E-state index is 0. The van der Waals surface area contributed by atoms with Gasteiger partial charge in [-0.15, -0.1) is 24.0 Å². The zero-order valence-electron chi connectivity index (χ0n) is 18.4. The third-order valence-corrected chi connectivity index (χ3v) is 5.62. The van der Waals surface area contributed by atoms with Crippen molar-refractivity contribution < 1.29 is 13.9 Å². The van der Waals surface area contributed by atoms with Crippen LogP contribution in [0.1, 0.15) is 51.2 Å². The Hall–Kier alpha value is -1.13. The second-order valence-corrected chi connectivity index (χ2v) is 8.40. The molecule has 3 rings (SSSR count). The first-order valence-electron chi connectivity index (χ1n) is 10.8. The van der Waals surface area contributed by atoms with Gasteiger partial charge in [-0.2, -0.15) is 0 Å². The Balaban J connectivity index is 0.00000320. The molecule has 0 saturated carbocycles. The summed E-state index contributed by atoms with van der Waals surface area (Å²) >= 11 is 0.